The fourth-order valence-corrected chi connectivity index (χ4v) is 8.56. The molecule has 0 spiro atoms. The lowest BCUT2D eigenvalue weighted by molar-refractivity contribution is -0.144. The Hall–Kier alpha value is -2.05. The van der Waals surface area contributed by atoms with Gasteiger partial charge in [0.2, 0.25) is 5.91 Å². The second kappa shape index (κ2) is 10.8. The lowest BCUT2D eigenvalue weighted by atomic mass is 9.47. The van der Waals surface area contributed by atoms with Gasteiger partial charge in [0.05, 0.1) is 23.3 Å². The molecule has 2 aliphatic rings. The Morgan fingerprint density at radius 3 is 2.55 bits per heavy atom. The van der Waals surface area contributed by atoms with Crippen LogP contribution in [-0.2, 0) is 21.2 Å². The minimum absolute atomic E-state index is 0.0868. The van der Waals surface area contributed by atoms with Gasteiger partial charge in [0.15, 0.2) is 5.13 Å². The van der Waals surface area contributed by atoms with Crippen molar-refractivity contribution in [3.63, 3.8) is 0 Å². The number of anilines is 1. The number of fused-ring (bicyclic) bond motifs is 2. The smallest absolute Gasteiger partial charge is 0.263 e. The molecule has 9 nitrogen and oxygen atoms in total. The van der Waals surface area contributed by atoms with Gasteiger partial charge in [-0.05, 0) is 63.7 Å². The number of thiazole rings is 1. The molecule has 5 atom stereocenters. The van der Waals surface area contributed by atoms with E-state index < -0.39 is 27.0 Å². The van der Waals surface area contributed by atoms with Crippen LogP contribution in [0.3, 0.4) is 0 Å². The van der Waals surface area contributed by atoms with Crippen molar-refractivity contribution in [2.45, 2.75) is 63.4 Å². The molecule has 2 aromatic rings. The highest BCUT2D eigenvalue weighted by Gasteiger charge is 2.59. The van der Waals surface area contributed by atoms with Crippen LogP contribution in [0.1, 0.15) is 55.2 Å². The van der Waals surface area contributed by atoms with E-state index in [1.807, 2.05) is 32.8 Å². The van der Waals surface area contributed by atoms with Gasteiger partial charge in [-0.2, -0.15) is 0 Å². The van der Waals surface area contributed by atoms with Crippen LogP contribution in [0.4, 0.5) is 5.13 Å². The molecule has 1 fully saturated rings. The van der Waals surface area contributed by atoms with Gasteiger partial charge in [0.1, 0.15) is 0 Å². The van der Waals surface area contributed by atoms with E-state index in [2.05, 4.69) is 17.0 Å². The number of aromatic nitrogens is 1. The monoisotopic (exact) mass is 564 g/mol. The fourth-order valence-electron chi connectivity index (χ4n) is 6.26. The molecule has 0 radical (unpaired) electrons. The standard InChI is InChI=1S/C27H40N4O5S2/c1-17-6-8-18(9-7-17)38(35,36)30-25-29-24-19(14-23(34)28-12-13-31(4)5)26(2)11-10-22(33)27(3,16-32)21(26)15-20(24)37-25/h6-9,19,21-22,32-33H,10-16H2,1-5H3,(H,28,34)(H,29,30). The van der Waals surface area contributed by atoms with Gasteiger partial charge in [-0.3, -0.25) is 9.52 Å². The molecule has 1 heterocycles. The topological polar surface area (TPSA) is 132 Å². The molecule has 1 aromatic heterocycles. The van der Waals surface area contributed by atoms with Crippen LogP contribution in [0.2, 0.25) is 0 Å². The van der Waals surface area contributed by atoms with Crippen molar-refractivity contribution >= 4 is 32.4 Å². The highest BCUT2D eigenvalue weighted by atomic mass is 32.2. The number of carbonyl (C=O) groups is 1. The van der Waals surface area contributed by atoms with Gasteiger partial charge in [0.25, 0.3) is 10.0 Å². The maximum absolute atomic E-state index is 13.1. The van der Waals surface area contributed by atoms with Crippen molar-refractivity contribution in [1.29, 1.82) is 0 Å². The number of aliphatic hydroxyl groups excluding tert-OH is 2. The number of aliphatic hydroxyl groups is 2. The lowest BCUT2D eigenvalue weighted by Gasteiger charge is -2.58. The summed E-state index contributed by atoms with van der Waals surface area (Å²) in [6.07, 6.45) is 1.32. The maximum Gasteiger partial charge on any atom is 0.263 e. The molecule has 0 bridgehead atoms. The molecule has 5 unspecified atom stereocenters. The van der Waals surface area contributed by atoms with E-state index in [4.69, 9.17) is 4.98 Å². The van der Waals surface area contributed by atoms with Crippen molar-refractivity contribution in [3.8, 4) is 0 Å². The van der Waals surface area contributed by atoms with Gasteiger partial charge >= 0.3 is 0 Å². The van der Waals surface area contributed by atoms with E-state index in [0.29, 0.717) is 25.8 Å². The van der Waals surface area contributed by atoms with E-state index in [0.717, 1.165) is 22.7 Å². The number of nitrogens with zero attached hydrogens (tertiary/aromatic N) is 2. The summed E-state index contributed by atoms with van der Waals surface area (Å²) < 4.78 is 28.8. The molecule has 1 saturated carbocycles. The van der Waals surface area contributed by atoms with Crippen LogP contribution in [0.15, 0.2) is 29.2 Å². The molecule has 210 valence electrons. The predicted molar refractivity (Wildman–Crippen MR) is 149 cm³/mol. The summed E-state index contributed by atoms with van der Waals surface area (Å²) in [5, 5.41) is 24.6. The quantitative estimate of drug-likeness (QED) is 0.368. The van der Waals surface area contributed by atoms with E-state index >= 15 is 0 Å². The molecular formula is C27H40N4O5S2. The second-order valence-corrected chi connectivity index (χ2v) is 14.4. The Bertz CT molecular complexity index is 1260. The van der Waals surface area contributed by atoms with Gasteiger partial charge in [-0.1, -0.05) is 31.5 Å². The normalized spacial score (nSPS) is 29.0. The number of carbonyl (C=O) groups excluding carboxylic acids is 1. The highest BCUT2D eigenvalue weighted by molar-refractivity contribution is 7.93. The first kappa shape index (κ1) is 28.9. The van der Waals surface area contributed by atoms with Gasteiger partial charge < -0.3 is 20.4 Å². The number of hydrogen-bond acceptors (Lipinski definition) is 8. The molecule has 2 aliphatic carbocycles. The van der Waals surface area contributed by atoms with E-state index in [1.54, 1.807) is 24.3 Å². The van der Waals surface area contributed by atoms with Crippen molar-refractivity contribution in [2.75, 3.05) is 38.5 Å². The molecule has 0 saturated heterocycles. The minimum atomic E-state index is -3.83. The van der Waals surface area contributed by atoms with Crippen molar-refractivity contribution in [2.24, 2.45) is 16.7 Å². The Morgan fingerprint density at radius 1 is 1.24 bits per heavy atom. The molecular weight excluding hydrogens is 524 g/mol. The maximum atomic E-state index is 13.1. The highest BCUT2D eigenvalue weighted by Crippen LogP contribution is 2.62. The van der Waals surface area contributed by atoms with Gasteiger partial charge in [-0.25, -0.2) is 13.4 Å². The molecule has 0 aliphatic heterocycles. The first-order valence-corrected chi connectivity index (χ1v) is 15.4. The average molecular weight is 565 g/mol. The third-order valence-electron chi connectivity index (χ3n) is 8.72. The average Bonchev–Trinajstić information content (AvgIpc) is 3.24. The summed E-state index contributed by atoms with van der Waals surface area (Å²) in [6.45, 7) is 7.02. The van der Waals surface area contributed by atoms with Crippen LogP contribution >= 0.6 is 11.3 Å². The number of amides is 1. The van der Waals surface area contributed by atoms with Gasteiger partial charge in [-0.15, -0.1) is 11.3 Å². The molecule has 11 heteroatoms. The van der Waals surface area contributed by atoms with Crippen molar-refractivity contribution < 1.29 is 23.4 Å². The summed E-state index contributed by atoms with van der Waals surface area (Å²) in [6, 6.07) is 6.63. The summed E-state index contributed by atoms with van der Waals surface area (Å²) in [4.78, 5) is 20.9. The molecule has 1 aromatic carbocycles. The third kappa shape index (κ3) is 5.49. The molecule has 4 rings (SSSR count). The summed E-state index contributed by atoms with van der Waals surface area (Å²) in [5.74, 6) is -0.461. The number of aryl methyl sites for hydroxylation is 1. The van der Waals surface area contributed by atoms with Crippen LogP contribution in [0, 0.1) is 23.7 Å². The number of nitrogens with one attached hydrogen (secondary N) is 2. The first-order chi connectivity index (χ1) is 17.8. The number of benzene rings is 1. The summed E-state index contributed by atoms with van der Waals surface area (Å²) in [7, 11) is 0.0607. The molecule has 4 N–H and O–H groups in total. The van der Waals surface area contributed by atoms with Crippen LogP contribution in [0.25, 0.3) is 0 Å². The Labute approximate surface area is 229 Å². The number of likely N-dealkylation sites (N-methyl/N-ethyl adjacent to an activating group) is 1. The first-order valence-electron chi connectivity index (χ1n) is 13.1. The zero-order chi connectivity index (χ0) is 27.9. The lowest BCUT2D eigenvalue weighted by Crippen LogP contribution is -2.57. The number of rotatable bonds is 9. The summed E-state index contributed by atoms with van der Waals surface area (Å²) in [5.41, 5.74) is 0.569. The molecule has 1 amide bonds. The van der Waals surface area contributed by atoms with Crippen LogP contribution < -0.4 is 10.0 Å². The van der Waals surface area contributed by atoms with E-state index in [1.165, 1.54) is 11.3 Å². The third-order valence-corrected chi connectivity index (χ3v) is 11.2. The second-order valence-electron chi connectivity index (χ2n) is 11.6. The predicted octanol–water partition coefficient (Wildman–Crippen LogP) is 2.74. The van der Waals surface area contributed by atoms with Crippen LogP contribution in [0.5, 0.6) is 0 Å². The van der Waals surface area contributed by atoms with Crippen molar-refractivity contribution in [3.05, 3.63) is 40.4 Å². The zero-order valence-electron chi connectivity index (χ0n) is 22.8. The Balaban J connectivity index is 1.69. The zero-order valence-corrected chi connectivity index (χ0v) is 24.5. The van der Waals surface area contributed by atoms with E-state index in [9.17, 15) is 23.4 Å². The molecule has 38 heavy (non-hydrogen) atoms. The van der Waals surface area contributed by atoms with E-state index in [-0.39, 0.29) is 40.8 Å². The van der Waals surface area contributed by atoms with Gasteiger partial charge in [0, 0.05) is 35.7 Å². The SMILES string of the molecule is Cc1ccc(S(=O)(=O)Nc2nc3c(s2)CC2C(C)(CO)C(O)CCC2(C)C3CC(=O)NCCN(C)C)cc1. The minimum Gasteiger partial charge on any atom is -0.396 e. The summed E-state index contributed by atoms with van der Waals surface area (Å²) >= 11 is 1.28. The largest absolute Gasteiger partial charge is 0.396 e. The number of hydrogen-bond donors (Lipinski definition) is 4. The van der Waals surface area contributed by atoms with Crippen molar-refractivity contribution in [1.82, 2.24) is 15.2 Å². The number of sulfonamides is 1. The fraction of sp³-hybridized carbons (Fsp3) is 0.630. The Morgan fingerprint density at radius 2 is 1.92 bits per heavy atom. The van der Waals surface area contributed by atoms with Crippen LogP contribution in [-0.4, -0.2) is 74.3 Å². The Kier molecular flexibility index (Phi) is 8.26.